The molecule has 10 nitrogen and oxygen atoms in total. The van der Waals surface area contributed by atoms with Crippen LogP contribution in [0.3, 0.4) is 0 Å². The summed E-state index contributed by atoms with van der Waals surface area (Å²) in [6.45, 7) is 2.88. The van der Waals surface area contributed by atoms with Crippen molar-refractivity contribution in [3.05, 3.63) is 64.2 Å². The van der Waals surface area contributed by atoms with E-state index in [2.05, 4.69) is 15.5 Å². The first kappa shape index (κ1) is 21.9. The van der Waals surface area contributed by atoms with Crippen molar-refractivity contribution in [2.75, 3.05) is 37.6 Å². The number of nitrogens with zero attached hydrogens (tertiary/aromatic N) is 3. The van der Waals surface area contributed by atoms with Gasteiger partial charge in [0, 0.05) is 69.1 Å². The average Bonchev–Trinajstić information content (AvgIpc) is 2.79. The van der Waals surface area contributed by atoms with E-state index in [0.717, 1.165) is 18.8 Å². The first-order valence-corrected chi connectivity index (χ1v) is 10.00. The van der Waals surface area contributed by atoms with Gasteiger partial charge in [0.05, 0.1) is 4.92 Å². The van der Waals surface area contributed by atoms with Crippen LogP contribution >= 0.6 is 0 Å². The zero-order valence-electron chi connectivity index (χ0n) is 17.0. The Morgan fingerprint density at radius 3 is 2.42 bits per heavy atom. The van der Waals surface area contributed by atoms with Crippen molar-refractivity contribution in [1.29, 1.82) is 0 Å². The number of carbonyl (C=O) groups is 2. The van der Waals surface area contributed by atoms with Crippen LogP contribution in [0, 0.1) is 10.1 Å². The molecular formula is C21H25N5O5. The number of anilines is 1. The average molecular weight is 427 g/mol. The molecule has 1 fully saturated rings. The Morgan fingerprint density at radius 1 is 1.03 bits per heavy atom. The zero-order valence-corrected chi connectivity index (χ0v) is 17.0. The van der Waals surface area contributed by atoms with Crippen molar-refractivity contribution in [3.63, 3.8) is 0 Å². The maximum absolute atomic E-state index is 12.4. The zero-order chi connectivity index (χ0) is 22.2. The van der Waals surface area contributed by atoms with E-state index < -0.39 is 11.0 Å². The molecule has 3 amide bonds. The number of hydrogen-bond donors (Lipinski definition) is 3. The number of nitro benzene ring substituents is 1. The van der Waals surface area contributed by atoms with Gasteiger partial charge in [0.1, 0.15) is 5.75 Å². The van der Waals surface area contributed by atoms with E-state index in [1.807, 2.05) is 30.3 Å². The van der Waals surface area contributed by atoms with E-state index in [4.69, 9.17) is 0 Å². The number of non-ortho nitro benzene ring substituents is 1. The van der Waals surface area contributed by atoms with Crippen LogP contribution in [0.4, 0.5) is 16.2 Å². The number of carbonyl (C=O) groups excluding carboxylic acids is 2. The van der Waals surface area contributed by atoms with Crippen molar-refractivity contribution >= 4 is 23.3 Å². The molecule has 1 heterocycles. The highest BCUT2D eigenvalue weighted by molar-refractivity contribution is 5.78. The lowest BCUT2D eigenvalue weighted by Crippen LogP contribution is -2.49. The molecule has 1 saturated heterocycles. The third-order valence-corrected chi connectivity index (χ3v) is 5.09. The van der Waals surface area contributed by atoms with E-state index in [1.165, 1.54) is 18.2 Å². The fraction of sp³-hybridized carbons (Fsp3) is 0.333. The highest BCUT2D eigenvalue weighted by atomic mass is 16.6. The smallest absolute Gasteiger partial charge is 0.315 e. The summed E-state index contributed by atoms with van der Waals surface area (Å²) in [6, 6.07) is 13.1. The van der Waals surface area contributed by atoms with E-state index >= 15 is 0 Å². The fourth-order valence-electron chi connectivity index (χ4n) is 3.36. The van der Waals surface area contributed by atoms with Crippen LogP contribution < -0.4 is 15.5 Å². The first-order chi connectivity index (χ1) is 14.9. The molecule has 1 aliphatic heterocycles. The SMILES string of the molecule is O=C(NCCC(=O)N1CCN(c2ccccc2)CC1)NCc1cc([N+](=O)[O-])ccc1O. The molecule has 1 aliphatic rings. The molecule has 0 radical (unpaired) electrons. The van der Waals surface area contributed by atoms with Crippen LogP contribution in [0.5, 0.6) is 5.75 Å². The van der Waals surface area contributed by atoms with Crippen LogP contribution in [0.15, 0.2) is 48.5 Å². The van der Waals surface area contributed by atoms with Gasteiger partial charge in [-0.25, -0.2) is 4.79 Å². The molecule has 0 atom stereocenters. The molecule has 3 N–H and O–H groups in total. The number of amides is 3. The van der Waals surface area contributed by atoms with Crippen molar-refractivity contribution in [2.24, 2.45) is 0 Å². The predicted molar refractivity (Wildman–Crippen MR) is 115 cm³/mol. The number of piperazine rings is 1. The van der Waals surface area contributed by atoms with E-state index in [-0.39, 0.29) is 42.4 Å². The largest absolute Gasteiger partial charge is 0.508 e. The Labute approximate surface area is 179 Å². The maximum atomic E-state index is 12.4. The molecular weight excluding hydrogens is 402 g/mol. The number of nitrogens with one attached hydrogen (secondary N) is 2. The van der Waals surface area contributed by atoms with E-state index in [0.29, 0.717) is 13.1 Å². The first-order valence-electron chi connectivity index (χ1n) is 10.00. The van der Waals surface area contributed by atoms with Gasteiger partial charge >= 0.3 is 6.03 Å². The predicted octanol–water partition coefficient (Wildman–Crippen LogP) is 1.84. The van der Waals surface area contributed by atoms with Crippen LogP contribution in [0.2, 0.25) is 0 Å². The van der Waals surface area contributed by atoms with Gasteiger partial charge in [0.25, 0.3) is 5.69 Å². The Morgan fingerprint density at radius 2 is 1.74 bits per heavy atom. The summed E-state index contributed by atoms with van der Waals surface area (Å²) < 4.78 is 0. The summed E-state index contributed by atoms with van der Waals surface area (Å²) in [5, 5.41) is 25.7. The number of nitro groups is 1. The molecule has 10 heteroatoms. The molecule has 0 aromatic heterocycles. The monoisotopic (exact) mass is 427 g/mol. The molecule has 0 unspecified atom stereocenters. The number of phenols is 1. The van der Waals surface area contributed by atoms with Crippen LogP contribution in [-0.2, 0) is 11.3 Å². The van der Waals surface area contributed by atoms with E-state index in [9.17, 15) is 24.8 Å². The second-order valence-corrected chi connectivity index (χ2v) is 7.13. The van der Waals surface area contributed by atoms with Gasteiger partial charge in [0.2, 0.25) is 5.91 Å². The quantitative estimate of drug-likeness (QED) is 0.457. The van der Waals surface area contributed by atoms with Gasteiger partial charge in [-0.05, 0) is 18.2 Å². The van der Waals surface area contributed by atoms with Crippen LogP contribution in [0.25, 0.3) is 0 Å². The Kier molecular flexibility index (Phi) is 7.26. The second kappa shape index (κ2) is 10.3. The van der Waals surface area contributed by atoms with Crippen molar-refractivity contribution in [2.45, 2.75) is 13.0 Å². The Bertz CT molecular complexity index is 929. The topological polar surface area (TPSA) is 128 Å². The Balaban J connectivity index is 1.36. The summed E-state index contributed by atoms with van der Waals surface area (Å²) in [4.78, 5) is 38.6. The lowest BCUT2D eigenvalue weighted by molar-refractivity contribution is -0.384. The minimum Gasteiger partial charge on any atom is -0.508 e. The normalized spacial score (nSPS) is 13.5. The molecule has 31 heavy (non-hydrogen) atoms. The summed E-state index contributed by atoms with van der Waals surface area (Å²) in [5.74, 6) is -0.167. The number of aromatic hydroxyl groups is 1. The van der Waals surface area contributed by atoms with Gasteiger partial charge < -0.3 is 25.5 Å². The van der Waals surface area contributed by atoms with Gasteiger partial charge in [-0.1, -0.05) is 18.2 Å². The number of hydrogen-bond acceptors (Lipinski definition) is 6. The van der Waals surface area contributed by atoms with Gasteiger partial charge in [-0.15, -0.1) is 0 Å². The van der Waals surface area contributed by atoms with Crippen molar-refractivity contribution in [1.82, 2.24) is 15.5 Å². The van der Waals surface area contributed by atoms with Gasteiger partial charge in [0.15, 0.2) is 0 Å². The van der Waals surface area contributed by atoms with Crippen LogP contribution in [0.1, 0.15) is 12.0 Å². The standard InChI is InChI=1S/C21H25N5O5/c27-19-7-6-18(26(30)31)14-16(19)15-23-21(29)22-9-8-20(28)25-12-10-24(11-13-25)17-4-2-1-3-5-17/h1-7,14,27H,8-13,15H2,(H2,22,23,29). The second-order valence-electron chi connectivity index (χ2n) is 7.13. The number of phenolic OH excluding ortho intramolecular Hbond substituents is 1. The number of urea groups is 1. The molecule has 0 bridgehead atoms. The minimum atomic E-state index is -0.575. The number of benzene rings is 2. The summed E-state index contributed by atoms with van der Waals surface area (Å²) >= 11 is 0. The lowest BCUT2D eigenvalue weighted by atomic mass is 10.2. The van der Waals surface area contributed by atoms with Crippen molar-refractivity contribution < 1.29 is 19.6 Å². The molecule has 164 valence electrons. The molecule has 0 spiro atoms. The third kappa shape index (κ3) is 6.08. The highest BCUT2D eigenvalue weighted by Crippen LogP contribution is 2.22. The third-order valence-electron chi connectivity index (χ3n) is 5.09. The molecule has 0 saturated carbocycles. The summed E-state index contributed by atoms with van der Waals surface area (Å²) in [7, 11) is 0. The molecule has 2 aromatic rings. The van der Waals surface area contributed by atoms with E-state index in [1.54, 1.807) is 4.90 Å². The van der Waals surface area contributed by atoms with Crippen molar-refractivity contribution in [3.8, 4) is 5.75 Å². The fourth-order valence-corrected chi connectivity index (χ4v) is 3.36. The van der Waals surface area contributed by atoms with Crippen LogP contribution in [-0.4, -0.2) is 59.6 Å². The number of rotatable bonds is 7. The molecule has 3 rings (SSSR count). The number of para-hydroxylation sites is 1. The lowest BCUT2D eigenvalue weighted by Gasteiger charge is -2.36. The minimum absolute atomic E-state index is 0.0238. The van der Waals surface area contributed by atoms with Gasteiger partial charge in [-0.3, -0.25) is 14.9 Å². The summed E-state index contributed by atoms with van der Waals surface area (Å²) in [5.41, 5.74) is 1.20. The maximum Gasteiger partial charge on any atom is 0.315 e. The molecule has 0 aliphatic carbocycles. The highest BCUT2D eigenvalue weighted by Gasteiger charge is 2.21. The summed E-state index contributed by atoms with van der Waals surface area (Å²) in [6.07, 6.45) is 0.181. The molecule has 2 aromatic carbocycles. The Hall–Kier alpha value is -3.82. The van der Waals surface area contributed by atoms with Gasteiger partial charge in [-0.2, -0.15) is 0 Å².